The molecule has 0 bridgehead atoms. The molecule has 0 saturated carbocycles. The van der Waals surface area contributed by atoms with Gasteiger partial charge in [0.2, 0.25) is 10.0 Å². The van der Waals surface area contributed by atoms with Crippen LogP contribution in [-0.4, -0.2) is 40.6 Å². The molecule has 6 nitrogen and oxygen atoms in total. The van der Waals surface area contributed by atoms with Crippen LogP contribution in [0.1, 0.15) is 23.2 Å². The zero-order valence-corrected chi connectivity index (χ0v) is 14.4. The maximum Gasteiger partial charge on any atom is 0.337 e. The van der Waals surface area contributed by atoms with Gasteiger partial charge in [-0.1, -0.05) is 11.6 Å². The second-order valence-corrected chi connectivity index (χ2v) is 6.89. The molecular formula is C13H18Cl2N2O4S. The normalized spacial score (nSPS) is 18.4. The van der Waals surface area contributed by atoms with Crippen LogP contribution >= 0.6 is 24.0 Å². The molecule has 9 heteroatoms. The molecule has 1 saturated heterocycles. The average molecular weight is 369 g/mol. The molecule has 0 aliphatic carbocycles. The summed E-state index contributed by atoms with van der Waals surface area (Å²) in [6.45, 7) is 1.49. The molecule has 1 aliphatic heterocycles. The Morgan fingerprint density at radius 1 is 1.45 bits per heavy atom. The number of rotatable bonds is 4. The lowest BCUT2D eigenvalue weighted by atomic mass is 10.1. The van der Waals surface area contributed by atoms with Gasteiger partial charge >= 0.3 is 5.97 Å². The number of halogens is 2. The van der Waals surface area contributed by atoms with Crippen molar-refractivity contribution in [1.82, 2.24) is 10.0 Å². The Morgan fingerprint density at radius 2 is 2.18 bits per heavy atom. The fraction of sp³-hybridized carbons (Fsp3) is 0.462. The lowest BCUT2D eigenvalue weighted by molar-refractivity contribution is 0.0600. The van der Waals surface area contributed by atoms with E-state index in [9.17, 15) is 13.2 Å². The van der Waals surface area contributed by atoms with Crippen molar-refractivity contribution < 1.29 is 17.9 Å². The van der Waals surface area contributed by atoms with Crippen LogP contribution in [0.4, 0.5) is 0 Å². The predicted molar refractivity (Wildman–Crippen MR) is 86.3 cm³/mol. The van der Waals surface area contributed by atoms with E-state index in [1.807, 2.05) is 0 Å². The fourth-order valence-corrected chi connectivity index (χ4v) is 4.01. The molecule has 1 heterocycles. The summed E-state index contributed by atoms with van der Waals surface area (Å²) in [5, 5.41) is 3.13. The number of esters is 1. The highest BCUT2D eigenvalue weighted by molar-refractivity contribution is 7.89. The Bertz CT molecular complexity index is 631. The number of hydrogen-bond donors (Lipinski definition) is 2. The van der Waals surface area contributed by atoms with Gasteiger partial charge in [-0.2, -0.15) is 0 Å². The molecule has 1 unspecified atom stereocenters. The standard InChI is InChI=1S/C13H17ClN2O4S.ClH/c1-20-13(17)9-4-5-12(11(14)7-9)21(18,19)16-10-3-2-6-15-8-10;/h4-5,7,10,15-16H,2-3,6,8H2,1H3;1H. The number of nitrogens with one attached hydrogen (secondary N) is 2. The Morgan fingerprint density at radius 3 is 2.73 bits per heavy atom. The molecule has 2 N–H and O–H groups in total. The molecular weight excluding hydrogens is 351 g/mol. The Labute approximate surface area is 141 Å². The van der Waals surface area contributed by atoms with E-state index in [0.29, 0.717) is 6.54 Å². The molecule has 1 atom stereocenters. The molecule has 0 radical (unpaired) electrons. The first-order chi connectivity index (χ1) is 9.94. The summed E-state index contributed by atoms with van der Waals surface area (Å²) in [5.74, 6) is -0.565. The van der Waals surface area contributed by atoms with E-state index in [2.05, 4.69) is 14.8 Å². The van der Waals surface area contributed by atoms with Crippen LogP contribution in [0.15, 0.2) is 23.1 Å². The first-order valence-corrected chi connectivity index (χ1v) is 8.41. The van der Waals surface area contributed by atoms with Crippen LogP contribution in [0.3, 0.4) is 0 Å². The van der Waals surface area contributed by atoms with Gasteiger partial charge < -0.3 is 10.1 Å². The van der Waals surface area contributed by atoms with Gasteiger partial charge in [-0.3, -0.25) is 0 Å². The third kappa shape index (κ3) is 4.57. The third-order valence-electron chi connectivity index (χ3n) is 3.26. The van der Waals surface area contributed by atoms with Gasteiger partial charge in [0, 0.05) is 12.6 Å². The highest BCUT2D eigenvalue weighted by atomic mass is 35.5. The van der Waals surface area contributed by atoms with Gasteiger partial charge in [0.25, 0.3) is 0 Å². The minimum Gasteiger partial charge on any atom is -0.465 e. The molecule has 2 rings (SSSR count). The zero-order chi connectivity index (χ0) is 15.5. The highest BCUT2D eigenvalue weighted by Crippen LogP contribution is 2.23. The number of sulfonamides is 1. The van der Waals surface area contributed by atoms with Crippen molar-refractivity contribution >= 4 is 40.0 Å². The summed E-state index contributed by atoms with van der Waals surface area (Å²) in [6, 6.07) is 3.83. The van der Waals surface area contributed by atoms with Crippen LogP contribution in [0.25, 0.3) is 0 Å². The zero-order valence-electron chi connectivity index (χ0n) is 12.0. The fourth-order valence-electron chi connectivity index (χ4n) is 2.20. The van der Waals surface area contributed by atoms with Crippen molar-refractivity contribution in [2.24, 2.45) is 0 Å². The number of carbonyl (C=O) groups is 1. The number of carbonyl (C=O) groups excluding carboxylic acids is 1. The Hall–Kier alpha value is -0.860. The number of methoxy groups -OCH3 is 1. The molecule has 1 aliphatic rings. The van der Waals surface area contributed by atoms with E-state index in [0.717, 1.165) is 19.4 Å². The van der Waals surface area contributed by atoms with Crippen molar-refractivity contribution in [2.45, 2.75) is 23.8 Å². The number of piperidine rings is 1. The second kappa shape index (κ2) is 8.12. The van der Waals surface area contributed by atoms with E-state index in [4.69, 9.17) is 11.6 Å². The maximum absolute atomic E-state index is 12.3. The summed E-state index contributed by atoms with van der Waals surface area (Å²) in [7, 11) is -2.47. The molecule has 0 amide bonds. The van der Waals surface area contributed by atoms with E-state index >= 15 is 0 Å². The van der Waals surface area contributed by atoms with Gasteiger partial charge in [-0.15, -0.1) is 12.4 Å². The molecule has 124 valence electrons. The van der Waals surface area contributed by atoms with Crippen molar-refractivity contribution in [3.05, 3.63) is 28.8 Å². The Balaban J connectivity index is 0.00000242. The van der Waals surface area contributed by atoms with Gasteiger partial charge in [-0.05, 0) is 37.6 Å². The SMILES string of the molecule is COC(=O)c1ccc(S(=O)(=O)NC2CCCNC2)c(Cl)c1.Cl. The lowest BCUT2D eigenvalue weighted by Crippen LogP contribution is -2.45. The van der Waals surface area contributed by atoms with E-state index < -0.39 is 16.0 Å². The summed E-state index contributed by atoms with van der Waals surface area (Å²) >= 11 is 5.99. The molecule has 1 aromatic carbocycles. The van der Waals surface area contributed by atoms with Crippen molar-refractivity contribution in [3.8, 4) is 0 Å². The van der Waals surface area contributed by atoms with Gasteiger partial charge in [0.15, 0.2) is 0 Å². The monoisotopic (exact) mass is 368 g/mol. The molecule has 1 fully saturated rings. The minimum atomic E-state index is -3.71. The number of benzene rings is 1. The topological polar surface area (TPSA) is 84.5 Å². The second-order valence-electron chi connectivity index (χ2n) is 4.80. The van der Waals surface area contributed by atoms with Crippen molar-refractivity contribution in [2.75, 3.05) is 20.2 Å². The van der Waals surface area contributed by atoms with E-state index in [-0.39, 0.29) is 33.9 Å². The first-order valence-electron chi connectivity index (χ1n) is 6.55. The number of ether oxygens (including phenoxy) is 1. The van der Waals surface area contributed by atoms with E-state index in [1.54, 1.807) is 0 Å². The quantitative estimate of drug-likeness (QED) is 0.788. The molecule has 0 aromatic heterocycles. The highest BCUT2D eigenvalue weighted by Gasteiger charge is 2.24. The van der Waals surface area contributed by atoms with Gasteiger partial charge in [0.05, 0.1) is 17.7 Å². The van der Waals surface area contributed by atoms with Crippen LogP contribution in [0.5, 0.6) is 0 Å². The summed E-state index contributed by atoms with van der Waals surface area (Å²) in [5.41, 5.74) is 0.209. The minimum absolute atomic E-state index is 0. The van der Waals surface area contributed by atoms with Gasteiger partial charge in [-0.25, -0.2) is 17.9 Å². The average Bonchev–Trinajstić information content (AvgIpc) is 2.46. The first kappa shape index (κ1) is 19.2. The molecule has 1 aromatic rings. The van der Waals surface area contributed by atoms with Crippen molar-refractivity contribution in [1.29, 1.82) is 0 Å². The largest absolute Gasteiger partial charge is 0.465 e. The summed E-state index contributed by atoms with van der Waals surface area (Å²) < 4.78 is 31.9. The summed E-state index contributed by atoms with van der Waals surface area (Å²) in [6.07, 6.45) is 1.70. The smallest absolute Gasteiger partial charge is 0.337 e. The van der Waals surface area contributed by atoms with Crippen LogP contribution in [0, 0.1) is 0 Å². The van der Waals surface area contributed by atoms with Crippen molar-refractivity contribution in [3.63, 3.8) is 0 Å². The van der Waals surface area contributed by atoms with Crippen LogP contribution < -0.4 is 10.0 Å². The third-order valence-corrected chi connectivity index (χ3v) is 5.26. The molecule has 0 spiro atoms. The number of hydrogen-bond acceptors (Lipinski definition) is 5. The van der Waals surface area contributed by atoms with Gasteiger partial charge in [0.1, 0.15) is 4.90 Å². The van der Waals surface area contributed by atoms with Crippen LogP contribution in [-0.2, 0) is 14.8 Å². The lowest BCUT2D eigenvalue weighted by Gasteiger charge is -2.23. The molecule has 22 heavy (non-hydrogen) atoms. The summed E-state index contributed by atoms with van der Waals surface area (Å²) in [4.78, 5) is 11.3. The maximum atomic E-state index is 12.3. The van der Waals surface area contributed by atoms with Crippen LogP contribution in [0.2, 0.25) is 5.02 Å². The Kier molecular flexibility index (Phi) is 7.08. The predicted octanol–water partition coefficient (Wildman–Crippen LogP) is 1.58. The van der Waals surface area contributed by atoms with E-state index in [1.165, 1.54) is 25.3 Å².